The van der Waals surface area contributed by atoms with Gasteiger partial charge in [-0.1, -0.05) is 0 Å². The minimum atomic E-state index is -2.76. The van der Waals surface area contributed by atoms with E-state index in [9.17, 15) is 8.42 Å². The standard InChI is InChI=1S/C9H15N3O2S/c13-15(14)4-2-9(6-15)11-3-1-8-5-10-7-12-8/h5,7,9,11H,1-4,6H2,(H,10,12). The van der Waals surface area contributed by atoms with Crippen molar-refractivity contribution >= 4 is 9.84 Å². The average Bonchev–Trinajstić information content (AvgIpc) is 2.76. The highest BCUT2D eigenvalue weighted by molar-refractivity contribution is 7.91. The Labute approximate surface area is 89.2 Å². The molecule has 1 unspecified atom stereocenters. The molecule has 2 heterocycles. The van der Waals surface area contributed by atoms with Crippen LogP contribution < -0.4 is 5.32 Å². The fourth-order valence-corrected chi connectivity index (χ4v) is 3.50. The van der Waals surface area contributed by atoms with Crippen molar-refractivity contribution in [1.82, 2.24) is 15.3 Å². The van der Waals surface area contributed by atoms with Gasteiger partial charge in [-0.2, -0.15) is 0 Å². The summed E-state index contributed by atoms with van der Waals surface area (Å²) in [7, 11) is -2.76. The molecule has 0 aromatic carbocycles. The molecule has 15 heavy (non-hydrogen) atoms. The Hall–Kier alpha value is -0.880. The number of H-pyrrole nitrogens is 1. The molecule has 5 nitrogen and oxygen atoms in total. The van der Waals surface area contributed by atoms with E-state index in [-0.39, 0.29) is 11.8 Å². The number of hydrogen-bond donors (Lipinski definition) is 2. The maximum Gasteiger partial charge on any atom is 0.151 e. The van der Waals surface area contributed by atoms with Gasteiger partial charge in [0.1, 0.15) is 0 Å². The van der Waals surface area contributed by atoms with Crippen LogP contribution in [0.2, 0.25) is 0 Å². The number of nitrogens with one attached hydrogen (secondary N) is 2. The van der Waals surface area contributed by atoms with Gasteiger partial charge >= 0.3 is 0 Å². The Kier molecular flexibility index (Phi) is 3.06. The first-order valence-electron chi connectivity index (χ1n) is 5.07. The van der Waals surface area contributed by atoms with Crippen molar-refractivity contribution < 1.29 is 8.42 Å². The van der Waals surface area contributed by atoms with Gasteiger partial charge in [-0.25, -0.2) is 13.4 Å². The van der Waals surface area contributed by atoms with Gasteiger partial charge in [-0.15, -0.1) is 0 Å². The smallest absolute Gasteiger partial charge is 0.151 e. The first-order chi connectivity index (χ1) is 7.16. The maximum atomic E-state index is 11.2. The zero-order chi connectivity index (χ0) is 10.7. The Morgan fingerprint density at radius 3 is 3.07 bits per heavy atom. The number of hydrogen-bond acceptors (Lipinski definition) is 4. The van der Waals surface area contributed by atoms with Crippen LogP contribution in [0.15, 0.2) is 12.5 Å². The fourth-order valence-electron chi connectivity index (χ4n) is 1.79. The molecule has 2 rings (SSSR count). The van der Waals surface area contributed by atoms with Gasteiger partial charge in [-0.3, -0.25) is 0 Å². The number of aromatic nitrogens is 2. The molecule has 0 aliphatic carbocycles. The van der Waals surface area contributed by atoms with E-state index in [1.165, 1.54) is 0 Å². The summed E-state index contributed by atoms with van der Waals surface area (Å²) in [5.41, 5.74) is 1.07. The summed E-state index contributed by atoms with van der Waals surface area (Å²) in [6.45, 7) is 0.794. The predicted molar refractivity (Wildman–Crippen MR) is 57.4 cm³/mol. The van der Waals surface area contributed by atoms with E-state index in [1.54, 1.807) is 12.5 Å². The predicted octanol–water partition coefficient (Wildman–Crippen LogP) is -0.271. The second-order valence-corrected chi connectivity index (χ2v) is 6.11. The van der Waals surface area contributed by atoms with Crippen LogP contribution >= 0.6 is 0 Å². The van der Waals surface area contributed by atoms with Crippen molar-refractivity contribution in [2.24, 2.45) is 0 Å². The first kappa shape index (κ1) is 10.6. The number of nitrogens with zero attached hydrogens (tertiary/aromatic N) is 1. The lowest BCUT2D eigenvalue weighted by molar-refractivity contribution is 0.555. The number of imidazole rings is 1. The summed E-state index contributed by atoms with van der Waals surface area (Å²) in [5, 5.41) is 3.25. The highest BCUT2D eigenvalue weighted by atomic mass is 32.2. The molecule has 0 amide bonds. The monoisotopic (exact) mass is 229 g/mol. The number of rotatable bonds is 4. The molecule has 6 heteroatoms. The van der Waals surface area contributed by atoms with Crippen LogP contribution in [0.5, 0.6) is 0 Å². The molecule has 0 spiro atoms. The van der Waals surface area contributed by atoms with Gasteiger partial charge in [-0.05, 0) is 6.42 Å². The van der Waals surface area contributed by atoms with Crippen LogP contribution in [0.1, 0.15) is 12.1 Å². The maximum absolute atomic E-state index is 11.2. The molecule has 84 valence electrons. The van der Waals surface area contributed by atoms with E-state index >= 15 is 0 Å². The average molecular weight is 229 g/mol. The third-order valence-corrected chi connectivity index (χ3v) is 4.38. The number of aromatic amines is 1. The molecule has 0 saturated carbocycles. The summed E-state index contributed by atoms with van der Waals surface area (Å²) < 4.78 is 22.4. The van der Waals surface area contributed by atoms with E-state index < -0.39 is 9.84 Å². The molecular formula is C9H15N3O2S. The van der Waals surface area contributed by atoms with Crippen molar-refractivity contribution in [2.75, 3.05) is 18.1 Å². The molecule has 0 bridgehead atoms. The molecule has 1 saturated heterocycles. The summed E-state index contributed by atoms with van der Waals surface area (Å²) in [4.78, 5) is 6.93. The first-order valence-corrected chi connectivity index (χ1v) is 6.89. The molecule has 1 atom stereocenters. The van der Waals surface area contributed by atoms with Crippen molar-refractivity contribution in [3.05, 3.63) is 18.2 Å². The summed E-state index contributed by atoms with van der Waals surface area (Å²) in [6.07, 6.45) is 5.03. The van der Waals surface area contributed by atoms with Crippen molar-refractivity contribution in [3.63, 3.8) is 0 Å². The van der Waals surface area contributed by atoms with Gasteiger partial charge in [0.2, 0.25) is 0 Å². The zero-order valence-electron chi connectivity index (χ0n) is 8.44. The topological polar surface area (TPSA) is 74.8 Å². The van der Waals surface area contributed by atoms with Crippen LogP contribution in [-0.2, 0) is 16.3 Å². The molecule has 1 aliphatic rings. The lowest BCUT2D eigenvalue weighted by Crippen LogP contribution is -2.31. The third kappa shape index (κ3) is 3.04. The quantitative estimate of drug-likeness (QED) is 0.745. The molecule has 1 aromatic heterocycles. The zero-order valence-corrected chi connectivity index (χ0v) is 9.26. The Bertz CT molecular complexity index is 399. The van der Waals surface area contributed by atoms with Gasteiger partial charge in [0.05, 0.1) is 17.8 Å². The van der Waals surface area contributed by atoms with E-state index in [0.717, 1.165) is 25.1 Å². The second kappa shape index (κ2) is 4.32. The lowest BCUT2D eigenvalue weighted by Gasteiger charge is -2.09. The van der Waals surface area contributed by atoms with E-state index in [4.69, 9.17) is 0 Å². The molecule has 1 fully saturated rings. The van der Waals surface area contributed by atoms with Gasteiger partial charge in [0, 0.05) is 30.9 Å². The number of sulfone groups is 1. The Morgan fingerprint density at radius 2 is 2.47 bits per heavy atom. The van der Waals surface area contributed by atoms with Crippen molar-refractivity contribution in [2.45, 2.75) is 18.9 Å². The van der Waals surface area contributed by atoms with Gasteiger partial charge < -0.3 is 10.3 Å². The fraction of sp³-hybridized carbons (Fsp3) is 0.667. The van der Waals surface area contributed by atoms with Crippen LogP contribution in [0.25, 0.3) is 0 Å². The van der Waals surface area contributed by atoms with Crippen LogP contribution in [0.3, 0.4) is 0 Å². The minimum absolute atomic E-state index is 0.137. The SMILES string of the molecule is O=S1(=O)CCC(NCCc2cnc[nH]2)C1. The van der Waals surface area contributed by atoms with E-state index in [0.29, 0.717) is 5.75 Å². The Balaban J connectivity index is 1.71. The lowest BCUT2D eigenvalue weighted by atomic mass is 10.2. The second-order valence-electron chi connectivity index (χ2n) is 3.88. The normalized spacial score (nSPS) is 24.4. The van der Waals surface area contributed by atoms with Gasteiger partial charge in [0.25, 0.3) is 0 Å². The van der Waals surface area contributed by atoms with E-state index in [2.05, 4.69) is 15.3 Å². The largest absolute Gasteiger partial charge is 0.348 e. The molecule has 2 N–H and O–H groups in total. The van der Waals surface area contributed by atoms with Gasteiger partial charge in [0.15, 0.2) is 9.84 Å². The molecule has 0 radical (unpaired) electrons. The van der Waals surface area contributed by atoms with Crippen LogP contribution in [0.4, 0.5) is 0 Å². The summed E-state index contributed by atoms with van der Waals surface area (Å²) in [5.74, 6) is 0.616. The Morgan fingerprint density at radius 1 is 1.60 bits per heavy atom. The summed E-state index contributed by atoms with van der Waals surface area (Å²) >= 11 is 0. The van der Waals surface area contributed by atoms with Crippen molar-refractivity contribution in [3.8, 4) is 0 Å². The molecular weight excluding hydrogens is 214 g/mol. The van der Waals surface area contributed by atoms with Crippen LogP contribution in [-0.4, -0.2) is 42.5 Å². The van der Waals surface area contributed by atoms with Crippen molar-refractivity contribution in [1.29, 1.82) is 0 Å². The molecule has 1 aliphatic heterocycles. The molecule has 1 aromatic rings. The highest BCUT2D eigenvalue weighted by Gasteiger charge is 2.26. The highest BCUT2D eigenvalue weighted by Crippen LogP contribution is 2.10. The summed E-state index contributed by atoms with van der Waals surface area (Å²) in [6, 6.07) is 0.137. The third-order valence-electron chi connectivity index (χ3n) is 2.61. The minimum Gasteiger partial charge on any atom is -0.348 e. The van der Waals surface area contributed by atoms with E-state index in [1.807, 2.05) is 0 Å². The van der Waals surface area contributed by atoms with Crippen LogP contribution in [0, 0.1) is 0 Å².